The van der Waals surface area contributed by atoms with Crippen LogP contribution in [0.25, 0.3) is 0 Å². The fraction of sp³-hybridized carbons (Fsp3) is 1.00. The lowest BCUT2D eigenvalue weighted by atomic mass is 9.77. The topological polar surface area (TPSA) is 15.3 Å². The number of alkyl halides is 3. The van der Waals surface area contributed by atoms with Crippen LogP contribution in [-0.4, -0.2) is 42.8 Å². The molecule has 0 aromatic rings. The zero-order chi connectivity index (χ0) is 14.0. The van der Waals surface area contributed by atoms with Crippen molar-refractivity contribution < 1.29 is 13.2 Å². The van der Waals surface area contributed by atoms with Crippen molar-refractivity contribution >= 4 is 0 Å². The highest BCUT2D eigenvalue weighted by atomic mass is 19.4. The molecular formula is C13H25F3N2. The Balaban J connectivity index is 2.65. The van der Waals surface area contributed by atoms with Crippen LogP contribution in [0, 0.1) is 5.41 Å². The Kier molecular flexibility index (Phi) is 5.06. The Labute approximate surface area is 108 Å². The molecule has 1 fully saturated rings. The Bertz CT molecular complexity index is 261. The van der Waals surface area contributed by atoms with Crippen LogP contribution in [0.15, 0.2) is 0 Å². The van der Waals surface area contributed by atoms with Gasteiger partial charge >= 0.3 is 6.18 Å². The lowest BCUT2D eigenvalue weighted by molar-refractivity contribution is -0.151. The predicted octanol–water partition coefficient (Wildman–Crippen LogP) is 3.04. The summed E-state index contributed by atoms with van der Waals surface area (Å²) in [4.78, 5) is 1.52. The number of piperidine rings is 1. The van der Waals surface area contributed by atoms with Crippen LogP contribution in [0.1, 0.15) is 40.5 Å². The molecule has 1 atom stereocenters. The molecule has 1 saturated heterocycles. The van der Waals surface area contributed by atoms with Gasteiger partial charge in [-0.2, -0.15) is 13.2 Å². The second kappa shape index (κ2) is 5.78. The zero-order valence-electron chi connectivity index (χ0n) is 11.8. The van der Waals surface area contributed by atoms with Crippen LogP contribution in [0.3, 0.4) is 0 Å². The number of rotatable bonds is 4. The van der Waals surface area contributed by atoms with Crippen molar-refractivity contribution in [2.45, 2.75) is 58.8 Å². The van der Waals surface area contributed by atoms with E-state index in [1.807, 2.05) is 13.8 Å². The van der Waals surface area contributed by atoms with Gasteiger partial charge < -0.3 is 5.32 Å². The molecule has 18 heavy (non-hydrogen) atoms. The van der Waals surface area contributed by atoms with Gasteiger partial charge in [-0.25, -0.2) is 0 Å². The third-order valence-corrected chi connectivity index (χ3v) is 3.86. The normalized spacial score (nSPS) is 24.8. The van der Waals surface area contributed by atoms with Gasteiger partial charge in [0.2, 0.25) is 0 Å². The summed E-state index contributed by atoms with van der Waals surface area (Å²) >= 11 is 0. The minimum Gasteiger partial charge on any atom is -0.312 e. The summed E-state index contributed by atoms with van der Waals surface area (Å²) in [7, 11) is 0. The molecule has 1 heterocycles. The molecule has 0 aliphatic carbocycles. The average molecular weight is 266 g/mol. The molecule has 1 aliphatic heterocycles. The highest BCUT2D eigenvalue weighted by Crippen LogP contribution is 2.31. The summed E-state index contributed by atoms with van der Waals surface area (Å²) in [5, 5.41) is 3.37. The fourth-order valence-electron chi connectivity index (χ4n) is 2.51. The first-order valence-electron chi connectivity index (χ1n) is 6.66. The molecule has 1 N–H and O–H groups in total. The lowest BCUT2D eigenvalue weighted by Gasteiger charge is -2.43. The van der Waals surface area contributed by atoms with Crippen LogP contribution in [0.2, 0.25) is 0 Å². The minimum absolute atomic E-state index is 0.0665. The first-order valence-corrected chi connectivity index (χ1v) is 6.66. The van der Waals surface area contributed by atoms with Gasteiger partial charge in [0, 0.05) is 18.6 Å². The van der Waals surface area contributed by atoms with Gasteiger partial charge in [-0.15, -0.1) is 0 Å². The Hall–Kier alpha value is -0.290. The fourth-order valence-corrected chi connectivity index (χ4v) is 2.51. The van der Waals surface area contributed by atoms with Crippen LogP contribution in [0.5, 0.6) is 0 Å². The molecule has 0 aromatic carbocycles. The van der Waals surface area contributed by atoms with Crippen molar-refractivity contribution in [3.8, 4) is 0 Å². The van der Waals surface area contributed by atoms with Gasteiger partial charge in [0.05, 0.1) is 6.54 Å². The minimum atomic E-state index is -4.12. The van der Waals surface area contributed by atoms with E-state index in [1.165, 1.54) is 4.90 Å². The number of halogens is 3. The van der Waals surface area contributed by atoms with Gasteiger partial charge in [0.1, 0.15) is 0 Å². The summed E-state index contributed by atoms with van der Waals surface area (Å²) in [5.74, 6) is 0. The average Bonchev–Trinajstić information content (AvgIpc) is 2.17. The van der Waals surface area contributed by atoms with E-state index in [4.69, 9.17) is 0 Å². The number of nitrogens with one attached hydrogen (secondary N) is 1. The quantitative estimate of drug-likeness (QED) is 0.841. The third-order valence-electron chi connectivity index (χ3n) is 3.86. The van der Waals surface area contributed by atoms with Crippen LogP contribution < -0.4 is 5.32 Å². The molecule has 1 rings (SSSR count). The van der Waals surface area contributed by atoms with E-state index in [2.05, 4.69) is 19.2 Å². The SMILES string of the molecule is CC(C)N(CC1NCCCC1(C)C)CC(F)(F)F. The first kappa shape index (κ1) is 15.8. The van der Waals surface area contributed by atoms with Gasteiger partial charge in [0.25, 0.3) is 0 Å². The molecule has 108 valence electrons. The maximum Gasteiger partial charge on any atom is 0.401 e. The predicted molar refractivity (Wildman–Crippen MR) is 67.6 cm³/mol. The maximum atomic E-state index is 12.6. The Morgan fingerprint density at radius 2 is 1.94 bits per heavy atom. The molecular weight excluding hydrogens is 241 g/mol. The monoisotopic (exact) mass is 266 g/mol. The second-order valence-corrected chi connectivity index (χ2v) is 6.24. The van der Waals surface area contributed by atoms with Gasteiger partial charge in [-0.3, -0.25) is 4.90 Å². The molecule has 1 unspecified atom stereocenters. The maximum absolute atomic E-state index is 12.6. The number of nitrogens with zero attached hydrogens (tertiary/aromatic N) is 1. The summed E-state index contributed by atoms with van der Waals surface area (Å²) in [6.45, 7) is 8.46. The van der Waals surface area contributed by atoms with Crippen molar-refractivity contribution in [1.82, 2.24) is 10.2 Å². The highest BCUT2D eigenvalue weighted by Gasteiger charge is 2.37. The van der Waals surface area contributed by atoms with Gasteiger partial charge in [0.15, 0.2) is 0 Å². The molecule has 2 nitrogen and oxygen atoms in total. The van der Waals surface area contributed by atoms with Crippen molar-refractivity contribution in [3.05, 3.63) is 0 Å². The van der Waals surface area contributed by atoms with Crippen LogP contribution >= 0.6 is 0 Å². The summed E-state index contributed by atoms with van der Waals surface area (Å²) in [5.41, 5.74) is 0.0665. The largest absolute Gasteiger partial charge is 0.401 e. The summed E-state index contributed by atoms with van der Waals surface area (Å²) in [6.07, 6.45) is -1.95. The van der Waals surface area contributed by atoms with E-state index >= 15 is 0 Å². The molecule has 0 radical (unpaired) electrons. The zero-order valence-corrected chi connectivity index (χ0v) is 11.8. The van der Waals surface area contributed by atoms with E-state index < -0.39 is 12.7 Å². The highest BCUT2D eigenvalue weighted by molar-refractivity contribution is 4.91. The van der Waals surface area contributed by atoms with E-state index in [0.717, 1.165) is 19.4 Å². The smallest absolute Gasteiger partial charge is 0.312 e. The summed E-state index contributed by atoms with van der Waals surface area (Å²) in [6, 6.07) is 0.0437. The first-order chi connectivity index (χ1) is 8.12. The molecule has 0 amide bonds. The van der Waals surface area contributed by atoms with Crippen molar-refractivity contribution in [1.29, 1.82) is 0 Å². The second-order valence-electron chi connectivity index (χ2n) is 6.24. The number of hydrogen-bond acceptors (Lipinski definition) is 2. The van der Waals surface area contributed by atoms with E-state index in [9.17, 15) is 13.2 Å². The molecule has 1 aliphatic rings. The number of hydrogen-bond donors (Lipinski definition) is 1. The van der Waals surface area contributed by atoms with E-state index in [-0.39, 0.29) is 17.5 Å². The van der Waals surface area contributed by atoms with Crippen molar-refractivity contribution in [2.24, 2.45) is 5.41 Å². The van der Waals surface area contributed by atoms with Crippen LogP contribution in [-0.2, 0) is 0 Å². The van der Waals surface area contributed by atoms with E-state index in [0.29, 0.717) is 6.54 Å². The molecule has 0 bridgehead atoms. The molecule has 5 heteroatoms. The third kappa shape index (κ3) is 4.76. The van der Waals surface area contributed by atoms with Crippen LogP contribution in [0.4, 0.5) is 13.2 Å². The van der Waals surface area contributed by atoms with Gasteiger partial charge in [-0.05, 0) is 38.6 Å². The Morgan fingerprint density at radius 3 is 2.39 bits per heavy atom. The van der Waals surface area contributed by atoms with E-state index in [1.54, 1.807) is 0 Å². The lowest BCUT2D eigenvalue weighted by Crippen LogP contribution is -2.55. The Morgan fingerprint density at radius 1 is 1.33 bits per heavy atom. The summed E-state index contributed by atoms with van der Waals surface area (Å²) < 4.78 is 37.7. The molecule has 0 aromatic heterocycles. The van der Waals surface area contributed by atoms with Crippen molar-refractivity contribution in [3.63, 3.8) is 0 Å². The van der Waals surface area contributed by atoms with Gasteiger partial charge in [-0.1, -0.05) is 13.8 Å². The molecule has 0 spiro atoms. The molecule has 0 saturated carbocycles. The van der Waals surface area contributed by atoms with Crippen molar-refractivity contribution in [2.75, 3.05) is 19.6 Å². The standard InChI is InChI=1S/C13H25F3N2/c1-10(2)18(9-13(14,15)16)8-11-12(3,4)6-5-7-17-11/h10-11,17H,5-9H2,1-4H3.